The molecule has 11 nitrogen and oxygen atoms in total. The van der Waals surface area contributed by atoms with E-state index in [1.54, 1.807) is 0 Å². The van der Waals surface area contributed by atoms with Crippen molar-refractivity contribution in [2.75, 3.05) is 13.2 Å². The first-order valence-electron chi connectivity index (χ1n) is 16.7. The Balaban J connectivity index is 1.10. The minimum Gasteiger partial charge on any atom is -0.481 e. The van der Waals surface area contributed by atoms with Crippen LogP contribution in [0, 0.1) is 29.1 Å². The van der Waals surface area contributed by atoms with Crippen molar-refractivity contribution in [3.05, 3.63) is 0 Å². The lowest BCUT2D eigenvalue weighted by molar-refractivity contribution is -0.168. The molecule has 4 aliphatic rings. The summed E-state index contributed by atoms with van der Waals surface area (Å²) in [6.45, 7) is 5.29. The first-order valence-corrected chi connectivity index (χ1v) is 16.7. The lowest BCUT2D eigenvalue weighted by Gasteiger charge is -2.35. The van der Waals surface area contributed by atoms with Crippen molar-refractivity contribution in [3.8, 4) is 0 Å². The van der Waals surface area contributed by atoms with Crippen LogP contribution in [0.25, 0.3) is 0 Å². The lowest BCUT2D eigenvalue weighted by Crippen LogP contribution is -2.40. The van der Waals surface area contributed by atoms with Gasteiger partial charge in [-0.2, -0.15) is 0 Å². The van der Waals surface area contributed by atoms with Gasteiger partial charge in [0.2, 0.25) is 0 Å². The van der Waals surface area contributed by atoms with Crippen LogP contribution in [-0.2, 0) is 38.1 Å². The van der Waals surface area contributed by atoms with Crippen molar-refractivity contribution < 1.29 is 53.4 Å². The number of esters is 2. The summed E-state index contributed by atoms with van der Waals surface area (Å²) in [6.07, 6.45) is 8.58. The highest BCUT2D eigenvalue weighted by atomic mass is 16.6. The van der Waals surface area contributed by atoms with E-state index in [2.05, 4.69) is 13.8 Å². The van der Waals surface area contributed by atoms with Crippen LogP contribution in [0.5, 0.6) is 0 Å². The standard InChI is InChI=1S/C33H52O11/c1-33(2,18-41-21-8-12-23(13-9-21)43-31(39)26-6-4-3-5-25(26)29(35)36)19-42-22-10-14-24(15-11-22)44-32(40)27-16-7-20(34)17-28(27)30(37)38/h20-28,34H,3-19H2,1-2H3,(H,35,36)(H,37,38). The number of ether oxygens (including phenoxy) is 4. The Morgan fingerprint density at radius 3 is 1.43 bits per heavy atom. The molecule has 0 radical (unpaired) electrons. The van der Waals surface area contributed by atoms with Gasteiger partial charge in [-0.25, -0.2) is 0 Å². The number of hydrogen-bond acceptors (Lipinski definition) is 9. The van der Waals surface area contributed by atoms with Crippen molar-refractivity contribution >= 4 is 23.9 Å². The molecule has 5 unspecified atom stereocenters. The zero-order valence-corrected chi connectivity index (χ0v) is 26.3. The first-order chi connectivity index (χ1) is 20.9. The van der Waals surface area contributed by atoms with Gasteiger partial charge in [-0.05, 0) is 83.5 Å². The Morgan fingerprint density at radius 2 is 0.977 bits per heavy atom. The molecule has 0 saturated heterocycles. The summed E-state index contributed by atoms with van der Waals surface area (Å²) in [6, 6.07) is 0. The number of rotatable bonds is 12. The zero-order valence-electron chi connectivity index (χ0n) is 26.3. The van der Waals surface area contributed by atoms with E-state index in [-0.39, 0.29) is 42.2 Å². The highest BCUT2D eigenvalue weighted by Crippen LogP contribution is 2.35. The average molecular weight is 625 g/mol. The second-order valence-electron chi connectivity index (χ2n) is 14.3. The Bertz CT molecular complexity index is 980. The molecule has 0 heterocycles. The van der Waals surface area contributed by atoms with Gasteiger partial charge in [0, 0.05) is 5.41 Å². The summed E-state index contributed by atoms with van der Waals surface area (Å²) in [7, 11) is 0. The number of carbonyl (C=O) groups excluding carboxylic acids is 2. The Morgan fingerprint density at radius 1 is 0.568 bits per heavy atom. The summed E-state index contributed by atoms with van der Waals surface area (Å²) in [5.41, 5.74) is -0.198. The largest absolute Gasteiger partial charge is 0.481 e. The van der Waals surface area contributed by atoms with E-state index in [1.807, 2.05) is 0 Å². The highest BCUT2D eigenvalue weighted by molar-refractivity contribution is 5.82. The van der Waals surface area contributed by atoms with Gasteiger partial charge in [-0.15, -0.1) is 0 Å². The monoisotopic (exact) mass is 624 g/mol. The molecule has 11 heteroatoms. The van der Waals surface area contributed by atoms with Gasteiger partial charge >= 0.3 is 23.9 Å². The smallest absolute Gasteiger partial charge is 0.310 e. The van der Waals surface area contributed by atoms with Gasteiger partial charge in [0.15, 0.2) is 0 Å². The first kappa shape index (κ1) is 34.6. The number of carboxylic acids is 2. The predicted octanol–water partition coefficient (Wildman–Crippen LogP) is 4.51. The van der Waals surface area contributed by atoms with Gasteiger partial charge in [-0.3, -0.25) is 19.2 Å². The predicted molar refractivity (Wildman–Crippen MR) is 158 cm³/mol. The number of aliphatic carboxylic acids is 2. The number of carboxylic acid groups (broad SMARTS) is 2. The molecule has 0 aromatic heterocycles. The maximum absolute atomic E-state index is 12.7. The van der Waals surface area contributed by atoms with E-state index < -0.39 is 47.7 Å². The average Bonchev–Trinajstić information content (AvgIpc) is 3.00. The quantitative estimate of drug-likeness (QED) is 0.262. The topological polar surface area (TPSA) is 166 Å². The van der Waals surface area contributed by atoms with E-state index in [4.69, 9.17) is 18.9 Å². The van der Waals surface area contributed by atoms with E-state index in [1.165, 1.54) is 0 Å². The lowest BCUT2D eigenvalue weighted by atomic mass is 9.78. The van der Waals surface area contributed by atoms with Crippen molar-refractivity contribution in [3.63, 3.8) is 0 Å². The molecule has 4 fully saturated rings. The van der Waals surface area contributed by atoms with Gasteiger partial charge in [-0.1, -0.05) is 26.7 Å². The zero-order chi connectivity index (χ0) is 31.9. The molecule has 0 aromatic carbocycles. The van der Waals surface area contributed by atoms with Gasteiger partial charge in [0.1, 0.15) is 12.2 Å². The Labute approximate surface area is 260 Å². The molecule has 44 heavy (non-hydrogen) atoms. The Kier molecular flexibility index (Phi) is 12.5. The second-order valence-corrected chi connectivity index (χ2v) is 14.3. The minimum absolute atomic E-state index is 0.0656. The van der Waals surface area contributed by atoms with Crippen molar-refractivity contribution in [2.24, 2.45) is 29.1 Å². The van der Waals surface area contributed by atoms with E-state index in [9.17, 15) is 34.5 Å². The summed E-state index contributed by atoms with van der Waals surface area (Å²) in [5.74, 6) is -5.56. The van der Waals surface area contributed by atoms with Gasteiger partial charge < -0.3 is 34.3 Å². The fourth-order valence-electron chi connectivity index (χ4n) is 7.28. The highest BCUT2D eigenvalue weighted by Gasteiger charge is 2.41. The van der Waals surface area contributed by atoms with E-state index in [0.29, 0.717) is 64.6 Å². The third kappa shape index (κ3) is 9.88. The van der Waals surface area contributed by atoms with Crippen molar-refractivity contribution in [1.29, 1.82) is 0 Å². The normalized spacial score (nSPS) is 34.9. The van der Waals surface area contributed by atoms with Crippen LogP contribution in [0.3, 0.4) is 0 Å². The number of aliphatic hydroxyl groups is 1. The molecule has 250 valence electrons. The van der Waals surface area contributed by atoms with Crippen LogP contribution >= 0.6 is 0 Å². The fraction of sp³-hybridized carbons (Fsp3) is 0.879. The number of carbonyl (C=O) groups is 4. The molecule has 3 N–H and O–H groups in total. The molecule has 0 aliphatic heterocycles. The molecule has 0 spiro atoms. The minimum atomic E-state index is -1.06. The molecular weight excluding hydrogens is 572 g/mol. The van der Waals surface area contributed by atoms with E-state index >= 15 is 0 Å². The molecule has 5 atom stereocenters. The summed E-state index contributed by atoms with van der Waals surface area (Å²) < 4.78 is 23.9. The molecule has 4 saturated carbocycles. The van der Waals surface area contributed by atoms with Gasteiger partial charge in [0.25, 0.3) is 0 Å². The van der Waals surface area contributed by atoms with Crippen LogP contribution in [0.2, 0.25) is 0 Å². The van der Waals surface area contributed by atoms with E-state index in [0.717, 1.165) is 38.5 Å². The van der Waals surface area contributed by atoms with Crippen molar-refractivity contribution in [2.45, 2.75) is 141 Å². The molecule has 0 amide bonds. The molecule has 4 aliphatic carbocycles. The summed E-state index contributed by atoms with van der Waals surface area (Å²) >= 11 is 0. The molecule has 4 rings (SSSR count). The summed E-state index contributed by atoms with van der Waals surface area (Å²) in [5, 5.41) is 28.8. The molecule has 0 aromatic rings. The van der Waals surface area contributed by atoms with Crippen LogP contribution < -0.4 is 0 Å². The van der Waals surface area contributed by atoms with Gasteiger partial charge in [0.05, 0.1) is 55.2 Å². The van der Waals surface area contributed by atoms with Crippen LogP contribution in [0.4, 0.5) is 0 Å². The summed E-state index contributed by atoms with van der Waals surface area (Å²) in [4.78, 5) is 48.6. The number of hydrogen-bond donors (Lipinski definition) is 3. The van der Waals surface area contributed by atoms with Crippen LogP contribution in [0.15, 0.2) is 0 Å². The van der Waals surface area contributed by atoms with Crippen molar-refractivity contribution in [1.82, 2.24) is 0 Å². The maximum atomic E-state index is 12.7. The number of aliphatic hydroxyl groups excluding tert-OH is 1. The Hall–Kier alpha value is -2.24. The third-order valence-electron chi connectivity index (χ3n) is 10.1. The third-order valence-corrected chi connectivity index (χ3v) is 10.1. The molecule has 0 bridgehead atoms. The molecular formula is C33H52O11. The SMILES string of the molecule is CC(C)(COC1CCC(OC(=O)C2CCCCC2C(=O)O)CC1)COC1CCC(OC(=O)C2CCC(O)CC2C(=O)O)CC1. The maximum Gasteiger partial charge on any atom is 0.310 e. The second kappa shape index (κ2) is 15.9. The van der Waals surface area contributed by atoms with Crippen LogP contribution in [0.1, 0.15) is 110 Å². The van der Waals surface area contributed by atoms with Crippen LogP contribution in [-0.4, -0.2) is 82.9 Å². The fourth-order valence-corrected chi connectivity index (χ4v) is 7.28.